The predicted octanol–water partition coefficient (Wildman–Crippen LogP) is 5.41. The van der Waals surface area contributed by atoms with Crippen LogP contribution >= 0.6 is 0 Å². The molecule has 1 aliphatic heterocycles. The lowest BCUT2D eigenvalue weighted by Gasteiger charge is -2.37. The number of allylic oxidation sites excluding steroid dienone is 2. The normalized spacial score (nSPS) is 20.4. The lowest BCUT2D eigenvalue weighted by molar-refractivity contribution is 0.0697. The van der Waals surface area contributed by atoms with Gasteiger partial charge in [0.15, 0.2) is 0 Å². The fraction of sp³-hybridized carbons (Fsp3) is 0.222. The molecular weight excluding hydrogens is 464 g/mol. The van der Waals surface area contributed by atoms with E-state index in [4.69, 9.17) is 4.74 Å². The Morgan fingerprint density at radius 1 is 1.09 bits per heavy atom. The summed E-state index contributed by atoms with van der Waals surface area (Å²) in [5, 5.41) is 12.8. The summed E-state index contributed by atoms with van der Waals surface area (Å²) in [4.78, 5) is 11.4. The van der Waals surface area contributed by atoms with Crippen LogP contribution in [0.15, 0.2) is 83.8 Å². The van der Waals surface area contributed by atoms with Gasteiger partial charge in [0.2, 0.25) is 0 Å². The second-order valence-electron chi connectivity index (χ2n) is 8.71. The van der Waals surface area contributed by atoms with Crippen molar-refractivity contribution in [2.75, 3.05) is 16.6 Å². The molecule has 180 valence electrons. The van der Waals surface area contributed by atoms with Gasteiger partial charge in [-0.25, -0.2) is 13.2 Å². The number of hydrogen-bond acceptors (Lipinski definition) is 5. The maximum atomic E-state index is 13.1. The SMILES string of the molecule is CCOc1ccc(NS(=O)(=O)c2ccc3c(c2)[C@H]2C=CC[C@H]2[C@@H](c2ccc(C(=O)O)cc2)N3)cc1. The van der Waals surface area contributed by atoms with Gasteiger partial charge in [0.05, 0.1) is 23.1 Å². The summed E-state index contributed by atoms with van der Waals surface area (Å²) in [6, 6.07) is 18.9. The second kappa shape index (κ2) is 9.11. The van der Waals surface area contributed by atoms with Gasteiger partial charge in [0.1, 0.15) is 5.75 Å². The highest BCUT2D eigenvalue weighted by Crippen LogP contribution is 2.50. The molecule has 0 amide bonds. The molecule has 7 nitrogen and oxygen atoms in total. The van der Waals surface area contributed by atoms with Crippen LogP contribution in [0, 0.1) is 5.92 Å². The zero-order chi connectivity index (χ0) is 24.6. The van der Waals surface area contributed by atoms with E-state index in [0.29, 0.717) is 18.0 Å². The summed E-state index contributed by atoms with van der Waals surface area (Å²) in [5.41, 5.74) is 3.55. The summed E-state index contributed by atoms with van der Waals surface area (Å²) in [6.07, 6.45) is 5.12. The standard InChI is InChI=1S/C27H26N2O5S/c1-2-34-20-12-10-19(11-13-20)29-35(32,33)21-14-15-25-24(16-21)22-4-3-5-23(22)26(28-25)17-6-8-18(9-7-17)27(30)31/h3-4,6-16,22-23,26,28-29H,2,5H2,1H3,(H,30,31)/t22-,23+,26+/m0/s1. The van der Waals surface area contributed by atoms with Crippen molar-refractivity contribution in [3.63, 3.8) is 0 Å². The Labute approximate surface area is 204 Å². The van der Waals surface area contributed by atoms with E-state index in [1.165, 1.54) is 0 Å². The van der Waals surface area contributed by atoms with E-state index in [-0.39, 0.29) is 28.3 Å². The quantitative estimate of drug-likeness (QED) is 0.383. The molecule has 3 aromatic rings. The van der Waals surface area contributed by atoms with E-state index in [1.807, 2.05) is 25.1 Å². The lowest BCUT2D eigenvalue weighted by Crippen LogP contribution is -2.29. The number of aromatic carboxylic acids is 1. The molecule has 35 heavy (non-hydrogen) atoms. The Morgan fingerprint density at radius 3 is 2.51 bits per heavy atom. The predicted molar refractivity (Wildman–Crippen MR) is 135 cm³/mol. The van der Waals surface area contributed by atoms with Crippen LogP contribution in [0.1, 0.15) is 46.8 Å². The van der Waals surface area contributed by atoms with Gasteiger partial charge in [0.25, 0.3) is 10.0 Å². The molecule has 0 saturated heterocycles. The van der Waals surface area contributed by atoms with E-state index in [9.17, 15) is 18.3 Å². The summed E-state index contributed by atoms with van der Waals surface area (Å²) in [5.74, 6) is -0.000704. The number of anilines is 2. The number of rotatable bonds is 7. The van der Waals surface area contributed by atoms with Crippen LogP contribution in [0.3, 0.4) is 0 Å². The second-order valence-corrected chi connectivity index (χ2v) is 10.4. The molecule has 0 saturated carbocycles. The van der Waals surface area contributed by atoms with Crippen molar-refractivity contribution in [2.24, 2.45) is 5.92 Å². The Kier molecular flexibility index (Phi) is 5.98. The van der Waals surface area contributed by atoms with Gasteiger partial charge in [-0.1, -0.05) is 24.3 Å². The van der Waals surface area contributed by atoms with Gasteiger partial charge in [-0.05, 0) is 85.0 Å². The van der Waals surface area contributed by atoms with E-state index < -0.39 is 16.0 Å². The van der Waals surface area contributed by atoms with Crippen molar-refractivity contribution < 1.29 is 23.1 Å². The Morgan fingerprint density at radius 2 is 1.83 bits per heavy atom. The Hall–Kier alpha value is -3.78. The average molecular weight is 491 g/mol. The number of fused-ring (bicyclic) bond motifs is 3. The third-order valence-electron chi connectivity index (χ3n) is 6.58. The first-order chi connectivity index (χ1) is 16.9. The largest absolute Gasteiger partial charge is 0.494 e. The first-order valence-corrected chi connectivity index (χ1v) is 13.0. The van der Waals surface area contributed by atoms with E-state index >= 15 is 0 Å². The zero-order valence-electron chi connectivity index (χ0n) is 19.1. The molecule has 3 aromatic carbocycles. The molecule has 1 aliphatic carbocycles. The van der Waals surface area contributed by atoms with Crippen LogP contribution in [0.5, 0.6) is 5.75 Å². The molecule has 0 fully saturated rings. The number of carbonyl (C=O) groups is 1. The van der Waals surface area contributed by atoms with Crippen LogP contribution in [0.25, 0.3) is 0 Å². The molecule has 5 rings (SSSR count). The molecule has 0 unspecified atom stereocenters. The van der Waals surface area contributed by atoms with Gasteiger partial charge in [0, 0.05) is 17.3 Å². The molecule has 0 radical (unpaired) electrons. The maximum Gasteiger partial charge on any atom is 0.335 e. The number of sulfonamides is 1. The van der Waals surface area contributed by atoms with Crippen LogP contribution in [-0.4, -0.2) is 26.1 Å². The first-order valence-electron chi connectivity index (χ1n) is 11.5. The number of carboxylic acid groups (broad SMARTS) is 1. The van der Waals surface area contributed by atoms with Gasteiger partial charge in [-0.15, -0.1) is 0 Å². The highest BCUT2D eigenvalue weighted by molar-refractivity contribution is 7.92. The fourth-order valence-electron chi connectivity index (χ4n) is 4.90. The summed E-state index contributed by atoms with van der Waals surface area (Å²) < 4.78 is 34.3. The third-order valence-corrected chi connectivity index (χ3v) is 7.96. The van der Waals surface area contributed by atoms with Crippen molar-refractivity contribution in [2.45, 2.75) is 30.2 Å². The minimum Gasteiger partial charge on any atom is -0.494 e. The molecule has 8 heteroatoms. The third kappa shape index (κ3) is 4.49. The maximum absolute atomic E-state index is 13.1. The zero-order valence-corrected chi connectivity index (χ0v) is 20.0. The van der Waals surface area contributed by atoms with Gasteiger partial charge < -0.3 is 15.2 Å². The summed E-state index contributed by atoms with van der Waals surface area (Å²) in [7, 11) is -3.78. The number of ether oxygens (including phenoxy) is 1. The summed E-state index contributed by atoms with van der Waals surface area (Å²) in [6.45, 7) is 2.43. The number of benzene rings is 3. The number of hydrogen-bond donors (Lipinski definition) is 3. The van der Waals surface area contributed by atoms with Crippen molar-refractivity contribution in [3.8, 4) is 5.75 Å². The van der Waals surface area contributed by atoms with E-state index in [1.54, 1.807) is 48.5 Å². The van der Waals surface area contributed by atoms with Crippen molar-refractivity contribution in [3.05, 3.63) is 95.6 Å². The Bertz CT molecular complexity index is 1380. The van der Waals surface area contributed by atoms with Crippen LogP contribution in [-0.2, 0) is 10.0 Å². The highest BCUT2D eigenvalue weighted by atomic mass is 32.2. The topological polar surface area (TPSA) is 105 Å². The van der Waals surface area contributed by atoms with Gasteiger partial charge in [-0.2, -0.15) is 0 Å². The molecule has 0 bridgehead atoms. The summed E-state index contributed by atoms with van der Waals surface area (Å²) >= 11 is 0. The minimum absolute atomic E-state index is 0.00483. The molecular formula is C27H26N2O5S. The highest BCUT2D eigenvalue weighted by Gasteiger charge is 2.38. The molecule has 2 aliphatic rings. The molecule has 1 heterocycles. The van der Waals surface area contributed by atoms with Crippen molar-refractivity contribution >= 4 is 27.4 Å². The fourth-order valence-corrected chi connectivity index (χ4v) is 6.00. The molecule has 3 N–H and O–H groups in total. The Balaban J connectivity index is 1.42. The molecule has 3 atom stereocenters. The van der Waals surface area contributed by atoms with Crippen molar-refractivity contribution in [1.29, 1.82) is 0 Å². The van der Waals surface area contributed by atoms with E-state index in [0.717, 1.165) is 23.2 Å². The van der Waals surface area contributed by atoms with Gasteiger partial charge >= 0.3 is 5.97 Å². The molecule has 0 aromatic heterocycles. The average Bonchev–Trinajstić information content (AvgIpc) is 3.35. The number of carboxylic acids is 1. The van der Waals surface area contributed by atoms with Gasteiger partial charge in [-0.3, -0.25) is 4.72 Å². The minimum atomic E-state index is -3.78. The van der Waals surface area contributed by atoms with Crippen molar-refractivity contribution in [1.82, 2.24) is 0 Å². The monoisotopic (exact) mass is 490 g/mol. The van der Waals surface area contributed by atoms with E-state index in [2.05, 4.69) is 22.2 Å². The lowest BCUT2D eigenvalue weighted by atomic mass is 9.77. The van der Waals surface area contributed by atoms with Crippen LogP contribution < -0.4 is 14.8 Å². The van der Waals surface area contributed by atoms with Crippen LogP contribution in [0.2, 0.25) is 0 Å². The smallest absolute Gasteiger partial charge is 0.335 e. The van der Waals surface area contributed by atoms with Crippen LogP contribution in [0.4, 0.5) is 11.4 Å². The molecule has 0 spiro atoms. The number of nitrogens with one attached hydrogen (secondary N) is 2. The first kappa shape index (κ1) is 23.0.